The van der Waals surface area contributed by atoms with Crippen LogP contribution in [0.25, 0.3) is 0 Å². The third-order valence-corrected chi connectivity index (χ3v) is 3.09. The van der Waals surface area contributed by atoms with Crippen LogP contribution in [-0.4, -0.2) is 6.04 Å². The van der Waals surface area contributed by atoms with Gasteiger partial charge >= 0.3 is 0 Å². The molecule has 1 rings (SSSR count). The predicted octanol–water partition coefficient (Wildman–Crippen LogP) is 3.65. The van der Waals surface area contributed by atoms with Gasteiger partial charge in [0.15, 0.2) is 0 Å². The Morgan fingerprint density at radius 3 is 2.80 bits per heavy atom. The van der Waals surface area contributed by atoms with Gasteiger partial charge in [0.1, 0.15) is 5.82 Å². The van der Waals surface area contributed by atoms with Crippen molar-refractivity contribution >= 4 is 15.9 Å². The van der Waals surface area contributed by atoms with E-state index in [4.69, 9.17) is 5.73 Å². The molecule has 1 aromatic carbocycles. The van der Waals surface area contributed by atoms with Crippen LogP contribution in [0.4, 0.5) is 4.39 Å². The van der Waals surface area contributed by atoms with Crippen LogP contribution >= 0.6 is 15.9 Å². The van der Waals surface area contributed by atoms with Gasteiger partial charge in [-0.3, -0.25) is 0 Å². The van der Waals surface area contributed by atoms with Crippen LogP contribution in [0.2, 0.25) is 0 Å². The average Bonchev–Trinajstić information content (AvgIpc) is 2.21. The fraction of sp³-hybridized carbons (Fsp3) is 0.500. The van der Waals surface area contributed by atoms with E-state index in [0.717, 1.165) is 24.8 Å². The van der Waals surface area contributed by atoms with Crippen molar-refractivity contribution in [1.82, 2.24) is 0 Å². The molecule has 15 heavy (non-hydrogen) atoms. The van der Waals surface area contributed by atoms with Crippen LogP contribution in [-0.2, 0) is 6.42 Å². The average molecular weight is 274 g/mol. The van der Waals surface area contributed by atoms with Gasteiger partial charge in [-0.05, 0) is 46.8 Å². The predicted molar refractivity (Wildman–Crippen MR) is 65.3 cm³/mol. The molecule has 84 valence electrons. The highest BCUT2D eigenvalue weighted by Gasteiger charge is 2.07. The van der Waals surface area contributed by atoms with Crippen molar-refractivity contribution in [3.63, 3.8) is 0 Å². The molecule has 0 fully saturated rings. The van der Waals surface area contributed by atoms with E-state index in [2.05, 4.69) is 22.9 Å². The molecule has 0 aliphatic rings. The molecular formula is C12H17BrFN. The third-order valence-electron chi connectivity index (χ3n) is 2.48. The first kappa shape index (κ1) is 12.7. The van der Waals surface area contributed by atoms with Crippen molar-refractivity contribution in [1.29, 1.82) is 0 Å². The van der Waals surface area contributed by atoms with Crippen molar-refractivity contribution in [2.24, 2.45) is 5.73 Å². The van der Waals surface area contributed by atoms with Gasteiger partial charge in [-0.15, -0.1) is 0 Å². The summed E-state index contributed by atoms with van der Waals surface area (Å²) < 4.78 is 14.1. The number of rotatable bonds is 5. The summed E-state index contributed by atoms with van der Waals surface area (Å²) in [5.41, 5.74) is 6.63. The molecule has 1 atom stereocenters. The number of halogens is 2. The van der Waals surface area contributed by atoms with Gasteiger partial charge in [0.25, 0.3) is 0 Å². The van der Waals surface area contributed by atoms with Gasteiger partial charge in [-0.1, -0.05) is 25.5 Å². The summed E-state index contributed by atoms with van der Waals surface area (Å²) in [4.78, 5) is 0. The fourth-order valence-electron chi connectivity index (χ4n) is 1.60. The maximum Gasteiger partial charge on any atom is 0.140 e. The highest BCUT2D eigenvalue weighted by Crippen LogP contribution is 2.20. The molecule has 0 heterocycles. The van der Waals surface area contributed by atoms with E-state index in [9.17, 15) is 4.39 Å². The van der Waals surface area contributed by atoms with Crippen LogP contribution in [0, 0.1) is 5.82 Å². The monoisotopic (exact) mass is 273 g/mol. The molecule has 0 bridgehead atoms. The Morgan fingerprint density at radius 1 is 1.40 bits per heavy atom. The SMILES string of the molecule is CCCC(N)CCc1cccc(Br)c1F. The quantitative estimate of drug-likeness (QED) is 0.871. The number of benzene rings is 1. The van der Waals surface area contributed by atoms with Gasteiger partial charge in [-0.25, -0.2) is 4.39 Å². The van der Waals surface area contributed by atoms with Crippen molar-refractivity contribution < 1.29 is 4.39 Å². The van der Waals surface area contributed by atoms with Crippen LogP contribution in [0.3, 0.4) is 0 Å². The number of hydrogen-bond donors (Lipinski definition) is 1. The summed E-state index contributed by atoms with van der Waals surface area (Å²) in [5.74, 6) is -0.152. The van der Waals surface area contributed by atoms with Crippen LogP contribution in [0.5, 0.6) is 0 Å². The zero-order chi connectivity index (χ0) is 11.3. The van der Waals surface area contributed by atoms with E-state index in [1.165, 1.54) is 0 Å². The zero-order valence-corrected chi connectivity index (χ0v) is 10.6. The highest BCUT2D eigenvalue weighted by atomic mass is 79.9. The minimum atomic E-state index is -0.152. The van der Waals surface area contributed by atoms with E-state index < -0.39 is 0 Å². The first-order valence-electron chi connectivity index (χ1n) is 5.33. The lowest BCUT2D eigenvalue weighted by Crippen LogP contribution is -2.20. The van der Waals surface area contributed by atoms with E-state index >= 15 is 0 Å². The summed E-state index contributed by atoms with van der Waals surface area (Å²) in [6.45, 7) is 2.11. The molecule has 0 spiro atoms. The van der Waals surface area contributed by atoms with Crippen LogP contribution in [0.15, 0.2) is 22.7 Å². The maximum absolute atomic E-state index is 13.6. The molecule has 0 aromatic heterocycles. The second kappa shape index (κ2) is 6.23. The van der Waals surface area contributed by atoms with Crippen molar-refractivity contribution in [2.75, 3.05) is 0 Å². The van der Waals surface area contributed by atoms with Crippen LogP contribution in [0.1, 0.15) is 31.7 Å². The normalized spacial score (nSPS) is 12.8. The molecule has 0 radical (unpaired) electrons. The van der Waals surface area contributed by atoms with Crippen LogP contribution < -0.4 is 5.73 Å². The summed E-state index contributed by atoms with van der Waals surface area (Å²) >= 11 is 3.18. The standard InChI is InChI=1S/C12H17BrFN/c1-2-4-10(15)8-7-9-5-3-6-11(13)12(9)14/h3,5-6,10H,2,4,7-8,15H2,1H3. The minimum Gasteiger partial charge on any atom is -0.328 e. The van der Waals surface area contributed by atoms with E-state index in [1.54, 1.807) is 6.07 Å². The number of aryl methyl sites for hydroxylation is 1. The smallest absolute Gasteiger partial charge is 0.140 e. The van der Waals surface area contributed by atoms with Gasteiger partial charge < -0.3 is 5.73 Å². The summed E-state index contributed by atoms with van der Waals surface area (Å²) in [7, 11) is 0. The lowest BCUT2D eigenvalue weighted by Gasteiger charge is -2.10. The Labute approximate surface area is 99.0 Å². The number of hydrogen-bond acceptors (Lipinski definition) is 1. The molecule has 3 heteroatoms. The summed E-state index contributed by atoms with van der Waals surface area (Å²) in [6, 6.07) is 5.57. The zero-order valence-electron chi connectivity index (χ0n) is 8.97. The second-order valence-corrected chi connectivity index (χ2v) is 4.65. The Bertz CT molecular complexity index is 314. The van der Waals surface area contributed by atoms with Crippen molar-refractivity contribution in [3.8, 4) is 0 Å². The number of nitrogens with two attached hydrogens (primary N) is 1. The van der Waals surface area contributed by atoms with E-state index in [-0.39, 0.29) is 11.9 Å². The molecule has 0 aliphatic heterocycles. The van der Waals surface area contributed by atoms with Crippen molar-refractivity contribution in [3.05, 3.63) is 34.1 Å². The summed E-state index contributed by atoms with van der Waals surface area (Å²) in [5, 5.41) is 0. The maximum atomic E-state index is 13.6. The topological polar surface area (TPSA) is 26.0 Å². The third kappa shape index (κ3) is 3.92. The van der Waals surface area contributed by atoms with E-state index in [1.807, 2.05) is 12.1 Å². The molecule has 1 unspecified atom stereocenters. The van der Waals surface area contributed by atoms with Gasteiger partial charge in [0.05, 0.1) is 4.47 Å². The lowest BCUT2D eigenvalue weighted by molar-refractivity contribution is 0.543. The Kier molecular flexibility index (Phi) is 5.26. The van der Waals surface area contributed by atoms with Gasteiger partial charge in [0.2, 0.25) is 0 Å². The molecule has 2 N–H and O–H groups in total. The fourth-order valence-corrected chi connectivity index (χ4v) is 2.00. The molecule has 0 saturated heterocycles. The lowest BCUT2D eigenvalue weighted by atomic mass is 10.0. The second-order valence-electron chi connectivity index (χ2n) is 3.80. The minimum absolute atomic E-state index is 0.152. The summed E-state index contributed by atoms with van der Waals surface area (Å²) in [6.07, 6.45) is 3.66. The first-order chi connectivity index (χ1) is 7.15. The molecule has 1 nitrogen and oxygen atoms in total. The molecule has 0 aliphatic carbocycles. The Hall–Kier alpha value is -0.410. The van der Waals surface area contributed by atoms with Gasteiger partial charge in [0, 0.05) is 6.04 Å². The first-order valence-corrected chi connectivity index (χ1v) is 6.13. The molecule has 0 amide bonds. The highest BCUT2D eigenvalue weighted by molar-refractivity contribution is 9.10. The van der Waals surface area contributed by atoms with Gasteiger partial charge in [-0.2, -0.15) is 0 Å². The Morgan fingerprint density at radius 2 is 2.13 bits per heavy atom. The molecular weight excluding hydrogens is 257 g/mol. The largest absolute Gasteiger partial charge is 0.328 e. The molecule has 1 aromatic rings. The van der Waals surface area contributed by atoms with Crippen molar-refractivity contribution in [2.45, 2.75) is 38.6 Å². The van der Waals surface area contributed by atoms with E-state index in [0.29, 0.717) is 10.9 Å². The molecule has 0 saturated carbocycles. The Balaban J connectivity index is 2.54.